The number of carboxylic acids is 1. The van der Waals surface area contributed by atoms with Crippen LogP contribution < -0.4 is 4.74 Å². The van der Waals surface area contributed by atoms with E-state index >= 15 is 0 Å². The molecule has 2 atom stereocenters. The van der Waals surface area contributed by atoms with Gasteiger partial charge < -0.3 is 14.7 Å². The summed E-state index contributed by atoms with van der Waals surface area (Å²) in [7, 11) is 0. The minimum atomic E-state index is -0.998. The van der Waals surface area contributed by atoms with Gasteiger partial charge >= 0.3 is 5.97 Å². The molecule has 1 aliphatic heterocycles. The molecule has 0 spiro atoms. The van der Waals surface area contributed by atoms with Crippen LogP contribution in [0, 0.1) is 5.92 Å². The highest BCUT2D eigenvalue weighted by Crippen LogP contribution is 2.38. The highest BCUT2D eigenvalue weighted by atomic mass is 79.9. The fourth-order valence-electron chi connectivity index (χ4n) is 2.77. The molecule has 5 nitrogen and oxygen atoms in total. The summed E-state index contributed by atoms with van der Waals surface area (Å²) in [4.78, 5) is 16.1. The molecular formula is C14H14BrNO4. The van der Waals surface area contributed by atoms with Crippen LogP contribution in [0.25, 0.3) is 0 Å². The Labute approximate surface area is 124 Å². The van der Waals surface area contributed by atoms with E-state index in [0.717, 1.165) is 35.0 Å². The standard InChI is InChI=1S/C14H14BrNO4/c15-8-4-5-11(19-7-13(17)18)10(6-8)14-9-2-1-3-12(9)20-16-14/h4-6,9,12H,1-3,7H2,(H,17,18). The lowest BCUT2D eigenvalue weighted by molar-refractivity contribution is -0.139. The van der Waals surface area contributed by atoms with Gasteiger partial charge in [0.05, 0.1) is 5.71 Å². The van der Waals surface area contributed by atoms with Crippen LogP contribution in [0.4, 0.5) is 0 Å². The number of halogens is 1. The lowest BCUT2D eigenvalue weighted by Crippen LogP contribution is -2.19. The van der Waals surface area contributed by atoms with Gasteiger partial charge in [-0.05, 0) is 37.5 Å². The number of ether oxygens (including phenoxy) is 1. The maximum atomic E-state index is 10.7. The molecule has 1 saturated carbocycles. The molecule has 20 heavy (non-hydrogen) atoms. The number of oxime groups is 1. The molecule has 2 aliphatic rings. The minimum Gasteiger partial charge on any atom is -0.481 e. The number of hydrogen-bond acceptors (Lipinski definition) is 4. The Bertz CT molecular complexity index is 572. The van der Waals surface area contributed by atoms with Crippen molar-refractivity contribution in [3.8, 4) is 5.75 Å². The summed E-state index contributed by atoms with van der Waals surface area (Å²) in [5, 5.41) is 12.9. The second-order valence-electron chi connectivity index (χ2n) is 4.98. The van der Waals surface area contributed by atoms with Gasteiger partial charge in [-0.2, -0.15) is 0 Å². The number of benzene rings is 1. The van der Waals surface area contributed by atoms with Crippen LogP contribution in [0.2, 0.25) is 0 Å². The summed E-state index contributed by atoms with van der Waals surface area (Å²) in [6.07, 6.45) is 3.37. The number of aliphatic carboxylic acids is 1. The fourth-order valence-corrected chi connectivity index (χ4v) is 3.13. The van der Waals surface area contributed by atoms with Crippen molar-refractivity contribution < 1.29 is 19.5 Å². The molecule has 1 aromatic carbocycles. The molecule has 1 fully saturated rings. The molecule has 1 heterocycles. The van der Waals surface area contributed by atoms with Crippen LogP contribution in [0.5, 0.6) is 5.75 Å². The first kappa shape index (κ1) is 13.4. The molecule has 0 radical (unpaired) electrons. The zero-order valence-corrected chi connectivity index (χ0v) is 12.3. The Morgan fingerprint density at radius 3 is 3.15 bits per heavy atom. The van der Waals surface area contributed by atoms with Gasteiger partial charge in [-0.25, -0.2) is 4.79 Å². The average molecular weight is 340 g/mol. The summed E-state index contributed by atoms with van der Waals surface area (Å²) in [5.74, 6) is -0.177. The maximum absolute atomic E-state index is 10.7. The van der Waals surface area contributed by atoms with E-state index in [4.69, 9.17) is 14.7 Å². The van der Waals surface area contributed by atoms with Crippen molar-refractivity contribution in [3.63, 3.8) is 0 Å². The Balaban J connectivity index is 1.91. The number of carbonyl (C=O) groups is 1. The highest BCUT2D eigenvalue weighted by Gasteiger charge is 2.39. The molecular weight excluding hydrogens is 326 g/mol. The Kier molecular flexibility index (Phi) is 3.65. The van der Waals surface area contributed by atoms with Gasteiger partial charge in [-0.1, -0.05) is 21.1 Å². The first-order valence-electron chi connectivity index (χ1n) is 6.53. The molecule has 0 saturated heterocycles. The average Bonchev–Trinajstić information content (AvgIpc) is 2.99. The topological polar surface area (TPSA) is 68.1 Å². The van der Waals surface area contributed by atoms with Crippen molar-refractivity contribution in [2.45, 2.75) is 25.4 Å². The lowest BCUT2D eigenvalue weighted by Gasteiger charge is -2.13. The van der Waals surface area contributed by atoms with Crippen molar-refractivity contribution in [1.82, 2.24) is 0 Å². The van der Waals surface area contributed by atoms with Crippen molar-refractivity contribution in [1.29, 1.82) is 0 Å². The SMILES string of the molecule is O=C(O)COc1ccc(Br)cc1C1=NOC2CCCC12. The third-order valence-electron chi connectivity index (χ3n) is 3.66. The fraction of sp³-hybridized carbons (Fsp3) is 0.429. The number of hydrogen-bond donors (Lipinski definition) is 1. The molecule has 1 aromatic rings. The zero-order valence-electron chi connectivity index (χ0n) is 10.7. The van der Waals surface area contributed by atoms with Crippen LogP contribution in [0.1, 0.15) is 24.8 Å². The van der Waals surface area contributed by atoms with E-state index < -0.39 is 5.97 Å². The van der Waals surface area contributed by atoms with Crippen molar-refractivity contribution in [2.75, 3.05) is 6.61 Å². The molecule has 1 N–H and O–H groups in total. The van der Waals surface area contributed by atoms with Crippen molar-refractivity contribution in [3.05, 3.63) is 28.2 Å². The molecule has 2 unspecified atom stereocenters. The minimum absolute atomic E-state index is 0.163. The third-order valence-corrected chi connectivity index (χ3v) is 4.15. The number of carboxylic acid groups (broad SMARTS) is 1. The molecule has 0 amide bonds. The largest absolute Gasteiger partial charge is 0.481 e. The Morgan fingerprint density at radius 2 is 2.35 bits per heavy atom. The maximum Gasteiger partial charge on any atom is 0.341 e. The molecule has 0 aromatic heterocycles. The van der Waals surface area contributed by atoms with Gasteiger partial charge in [0.1, 0.15) is 11.9 Å². The zero-order chi connectivity index (χ0) is 14.1. The Hall–Kier alpha value is -1.56. The van der Waals surface area contributed by atoms with Crippen LogP contribution in [-0.4, -0.2) is 29.5 Å². The van der Waals surface area contributed by atoms with Gasteiger partial charge in [-0.3, -0.25) is 0 Å². The molecule has 6 heteroatoms. The predicted octanol–water partition coefficient (Wildman–Crippen LogP) is 2.82. The summed E-state index contributed by atoms with van der Waals surface area (Å²) in [6.45, 7) is -0.364. The van der Waals surface area contributed by atoms with E-state index in [1.807, 2.05) is 12.1 Å². The summed E-state index contributed by atoms with van der Waals surface area (Å²) < 4.78 is 6.26. The first-order valence-corrected chi connectivity index (χ1v) is 7.32. The summed E-state index contributed by atoms with van der Waals surface area (Å²) >= 11 is 3.43. The van der Waals surface area contributed by atoms with E-state index in [9.17, 15) is 4.79 Å². The molecule has 3 rings (SSSR count). The Morgan fingerprint density at radius 1 is 1.50 bits per heavy atom. The number of rotatable bonds is 4. The highest BCUT2D eigenvalue weighted by molar-refractivity contribution is 9.10. The van der Waals surface area contributed by atoms with Gasteiger partial charge in [-0.15, -0.1) is 0 Å². The van der Waals surface area contributed by atoms with E-state index in [1.165, 1.54) is 0 Å². The molecule has 0 bridgehead atoms. The van der Waals surface area contributed by atoms with Crippen LogP contribution >= 0.6 is 15.9 Å². The van der Waals surface area contributed by atoms with Crippen LogP contribution in [-0.2, 0) is 9.63 Å². The van der Waals surface area contributed by atoms with E-state index in [2.05, 4.69) is 21.1 Å². The lowest BCUT2D eigenvalue weighted by atomic mass is 9.94. The van der Waals surface area contributed by atoms with Gasteiger partial charge in [0.25, 0.3) is 0 Å². The monoisotopic (exact) mass is 339 g/mol. The second-order valence-corrected chi connectivity index (χ2v) is 5.90. The third kappa shape index (κ3) is 2.52. The van der Waals surface area contributed by atoms with Gasteiger partial charge in [0.15, 0.2) is 6.61 Å². The van der Waals surface area contributed by atoms with Crippen LogP contribution in [0.3, 0.4) is 0 Å². The normalized spacial score (nSPS) is 23.9. The first-order chi connectivity index (χ1) is 9.65. The molecule has 106 valence electrons. The van der Waals surface area contributed by atoms with E-state index in [-0.39, 0.29) is 18.6 Å². The predicted molar refractivity (Wildman–Crippen MR) is 76.0 cm³/mol. The molecule has 1 aliphatic carbocycles. The van der Waals surface area contributed by atoms with Gasteiger partial charge in [0.2, 0.25) is 0 Å². The number of nitrogens with zero attached hydrogens (tertiary/aromatic N) is 1. The van der Waals surface area contributed by atoms with Crippen molar-refractivity contribution in [2.24, 2.45) is 11.1 Å². The second kappa shape index (κ2) is 5.44. The summed E-state index contributed by atoms with van der Waals surface area (Å²) in [6, 6.07) is 5.48. The smallest absolute Gasteiger partial charge is 0.341 e. The summed E-state index contributed by atoms with van der Waals surface area (Å²) in [5.41, 5.74) is 1.68. The van der Waals surface area contributed by atoms with Crippen LogP contribution in [0.15, 0.2) is 27.8 Å². The quantitative estimate of drug-likeness (QED) is 0.915. The van der Waals surface area contributed by atoms with E-state index in [0.29, 0.717) is 5.75 Å². The number of fused-ring (bicyclic) bond motifs is 1. The van der Waals surface area contributed by atoms with Gasteiger partial charge in [0, 0.05) is 16.0 Å². The van der Waals surface area contributed by atoms with E-state index in [1.54, 1.807) is 6.07 Å². The van der Waals surface area contributed by atoms with Crippen molar-refractivity contribution >= 4 is 27.6 Å².